The Morgan fingerprint density at radius 3 is 2.77 bits per heavy atom. The van der Waals surface area contributed by atoms with Crippen LogP contribution in [0, 0.1) is 13.8 Å². The Bertz CT molecular complexity index is 767. The van der Waals surface area contributed by atoms with Crippen LogP contribution < -0.4 is 0 Å². The SMILES string of the molecule is Cc1nc(C)c(Cn2ccnc2-c2cc(CN(C)C)cs2)s1. The first-order valence-corrected chi connectivity index (χ1v) is 8.89. The van der Waals surface area contributed by atoms with Gasteiger partial charge in [0.05, 0.1) is 22.1 Å². The van der Waals surface area contributed by atoms with Crippen molar-refractivity contribution in [3.63, 3.8) is 0 Å². The molecule has 3 heterocycles. The molecular formula is C16H20N4S2. The molecule has 3 aromatic heterocycles. The fraction of sp³-hybridized carbons (Fsp3) is 0.375. The molecule has 0 amide bonds. The zero-order valence-electron chi connectivity index (χ0n) is 13.3. The first-order chi connectivity index (χ1) is 10.5. The molecule has 6 heteroatoms. The van der Waals surface area contributed by atoms with Crippen LogP contribution in [0.15, 0.2) is 23.8 Å². The van der Waals surface area contributed by atoms with E-state index in [0.717, 1.165) is 29.6 Å². The van der Waals surface area contributed by atoms with E-state index < -0.39 is 0 Å². The van der Waals surface area contributed by atoms with E-state index in [4.69, 9.17) is 0 Å². The Morgan fingerprint density at radius 1 is 1.27 bits per heavy atom. The van der Waals surface area contributed by atoms with Gasteiger partial charge in [-0.1, -0.05) is 0 Å². The van der Waals surface area contributed by atoms with Crippen molar-refractivity contribution in [2.45, 2.75) is 26.9 Å². The van der Waals surface area contributed by atoms with E-state index in [1.807, 2.05) is 6.20 Å². The Kier molecular flexibility index (Phi) is 4.42. The molecular weight excluding hydrogens is 312 g/mol. The minimum Gasteiger partial charge on any atom is -0.325 e. The van der Waals surface area contributed by atoms with Gasteiger partial charge in [0, 0.05) is 23.8 Å². The van der Waals surface area contributed by atoms with Gasteiger partial charge in [0.15, 0.2) is 0 Å². The van der Waals surface area contributed by atoms with Crippen LogP contribution >= 0.6 is 22.7 Å². The van der Waals surface area contributed by atoms with Gasteiger partial charge in [-0.3, -0.25) is 0 Å². The van der Waals surface area contributed by atoms with Crippen molar-refractivity contribution in [2.75, 3.05) is 14.1 Å². The number of thiophene rings is 1. The van der Waals surface area contributed by atoms with Crippen molar-refractivity contribution in [3.05, 3.63) is 45.0 Å². The van der Waals surface area contributed by atoms with Crippen LogP contribution in [-0.4, -0.2) is 33.5 Å². The van der Waals surface area contributed by atoms with Crippen LogP contribution in [-0.2, 0) is 13.1 Å². The fourth-order valence-electron chi connectivity index (χ4n) is 2.48. The van der Waals surface area contributed by atoms with Gasteiger partial charge in [0.2, 0.25) is 0 Å². The van der Waals surface area contributed by atoms with E-state index in [1.165, 1.54) is 15.3 Å². The zero-order valence-corrected chi connectivity index (χ0v) is 15.0. The summed E-state index contributed by atoms with van der Waals surface area (Å²) >= 11 is 3.53. The van der Waals surface area contributed by atoms with Gasteiger partial charge in [0.25, 0.3) is 0 Å². The van der Waals surface area contributed by atoms with Gasteiger partial charge < -0.3 is 9.47 Å². The van der Waals surface area contributed by atoms with Gasteiger partial charge in [-0.15, -0.1) is 22.7 Å². The molecule has 0 bridgehead atoms. The second-order valence-electron chi connectivity index (χ2n) is 5.68. The van der Waals surface area contributed by atoms with E-state index >= 15 is 0 Å². The molecule has 0 saturated carbocycles. The van der Waals surface area contributed by atoms with Crippen molar-refractivity contribution in [3.8, 4) is 10.7 Å². The van der Waals surface area contributed by atoms with Crippen LogP contribution in [0.5, 0.6) is 0 Å². The molecule has 0 N–H and O–H groups in total. The highest BCUT2D eigenvalue weighted by atomic mass is 32.1. The number of hydrogen-bond donors (Lipinski definition) is 0. The molecule has 0 aliphatic rings. The van der Waals surface area contributed by atoms with Crippen LogP contribution in [0.4, 0.5) is 0 Å². The normalized spacial score (nSPS) is 11.5. The van der Waals surface area contributed by atoms with Crippen LogP contribution in [0.3, 0.4) is 0 Å². The van der Waals surface area contributed by atoms with Crippen LogP contribution in [0.1, 0.15) is 21.1 Å². The lowest BCUT2D eigenvalue weighted by Gasteiger charge is -2.07. The molecule has 0 aliphatic heterocycles. The summed E-state index contributed by atoms with van der Waals surface area (Å²) in [6.07, 6.45) is 3.93. The molecule has 0 unspecified atom stereocenters. The predicted molar refractivity (Wildman–Crippen MR) is 93.6 cm³/mol. The molecule has 0 fully saturated rings. The summed E-state index contributed by atoms with van der Waals surface area (Å²) in [7, 11) is 4.18. The first kappa shape index (κ1) is 15.4. The second kappa shape index (κ2) is 6.32. The Balaban J connectivity index is 1.85. The third kappa shape index (κ3) is 3.29. The Labute approximate surface area is 139 Å². The lowest BCUT2D eigenvalue weighted by atomic mass is 10.3. The number of aromatic nitrogens is 3. The minimum atomic E-state index is 0.841. The highest BCUT2D eigenvalue weighted by Crippen LogP contribution is 2.28. The molecule has 0 aromatic carbocycles. The average Bonchev–Trinajstić information content (AvgIpc) is 3.11. The highest BCUT2D eigenvalue weighted by molar-refractivity contribution is 7.13. The Hall–Kier alpha value is -1.50. The van der Waals surface area contributed by atoms with Crippen molar-refractivity contribution < 1.29 is 0 Å². The number of thiazole rings is 1. The molecule has 3 aromatic rings. The van der Waals surface area contributed by atoms with Gasteiger partial charge >= 0.3 is 0 Å². The standard InChI is InChI=1S/C16H20N4S2/c1-11-15(22-12(2)18-11)9-20-6-5-17-16(20)14-7-13(10-21-14)8-19(3)4/h5-7,10H,8-9H2,1-4H3. The van der Waals surface area contributed by atoms with E-state index in [0.29, 0.717) is 0 Å². The van der Waals surface area contributed by atoms with Gasteiger partial charge in [0.1, 0.15) is 5.82 Å². The topological polar surface area (TPSA) is 34.0 Å². The summed E-state index contributed by atoms with van der Waals surface area (Å²) in [6, 6.07) is 2.24. The summed E-state index contributed by atoms with van der Waals surface area (Å²) in [5.41, 5.74) is 2.46. The second-order valence-corrected chi connectivity index (χ2v) is 7.88. The zero-order chi connectivity index (χ0) is 15.7. The van der Waals surface area contributed by atoms with E-state index in [9.17, 15) is 0 Å². The lowest BCUT2D eigenvalue weighted by Crippen LogP contribution is -2.09. The lowest BCUT2D eigenvalue weighted by molar-refractivity contribution is 0.403. The molecule has 0 atom stereocenters. The van der Waals surface area contributed by atoms with Crippen molar-refractivity contribution in [2.24, 2.45) is 0 Å². The number of hydrogen-bond acceptors (Lipinski definition) is 5. The number of aryl methyl sites for hydroxylation is 2. The van der Waals surface area contributed by atoms with Crippen molar-refractivity contribution in [1.82, 2.24) is 19.4 Å². The average molecular weight is 332 g/mol. The fourth-order valence-corrected chi connectivity index (χ4v) is 4.33. The molecule has 4 nitrogen and oxygen atoms in total. The maximum atomic E-state index is 4.56. The summed E-state index contributed by atoms with van der Waals surface area (Å²) < 4.78 is 2.21. The van der Waals surface area contributed by atoms with Crippen molar-refractivity contribution >= 4 is 22.7 Å². The molecule has 0 aliphatic carbocycles. The first-order valence-electron chi connectivity index (χ1n) is 7.19. The molecule has 0 spiro atoms. The molecule has 0 radical (unpaired) electrons. The third-order valence-corrected chi connectivity index (χ3v) is 5.43. The number of rotatable bonds is 5. The third-order valence-electron chi connectivity index (χ3n) is 3.40. The Morgan fingerprint density at radius 2 is 2.09 bits per heavy atom. The predicted octanol–water partition coefficient (Wildman–Crippen LogP) is 3.79. The maximum absolute atomic E-state index is 4.56. The smallest absolute Gasteiger partial charge is 0.150 e. The summed E-state index contributed by atoms with van der Waals surface area (Å²) in [4.78, 5) is 13.8. The number of nitrogens with zero attached hydrogens (tertiary/aromatic N) is 4. The molecule has 116 valence electrons. The molecule has 0 saturated heterocycles. The van der Waals surface area contributed by atoms with Crippen molar-refractivity contribution in [1.29, 1.82) is 0 Å². The largest absolute Gasteiger partial charge is 0.325 e. The van der Waals surface area contributed by atoms with Crippen LogP contribution in [0.25, 0.3) is 10.7 Å². The van der Waals surface area contributed by atoms with Crippen LogP contribution in [0.2, 0.25) is 0 Å². The summed E-state index contributed by atoms with van der Waals surface area (Å²) in [5, 5.41) is 3.34. The van der Waals surface area contributed by atoms with Gasteiger partial charge in [-0.2, -0.15) is 0 Å². The molecule has 22 heavy (non-hydrogen) atoms. The summed E-state index contributed by atoms with van der Waals surface area (Å²) in [6.45, 7) is 5.94. The summed E-state index contributed by atoms with van der Waals surface area (Å²) in [5.74, 6) is 1.04. The minimum absolute atomic E-state index is 0.841. The van der Waals surface area contributed by atoms with Gasteiger partial charge in [-0.25, -0.2) is 9.97 Å². The van der Waals surface area contributed by atoms with E-state index in [-0.39, 0.29) is 0 Å². The van der Waals surface area contributed by atoms with E-state index in [2.05, 4.69) is 65.0 Å². The van der Waals surface area contributed by atoms with Gasteiger partial charge in [-0.05, 0) is 45.0 Å². The highest BCUT2D eigenvalue weighted by Gasteiger charge is 2.12. The monoisotopic (exact) mass is 332 g/mol. The quantitative estimate of drug-likeness (QED) is 0.713. The molecule has 3 rings (SSSR count). The number of imidazole rings is 1. The van der Waals surface area contributed by atoms with E-state index in [1.54, 1.807) is 22.7 Å². The maximum Gasteiger partial charge on any atom is 0.150 e.